The molecule has 0 aliphatic heterocycles. The molecule has 0 amide bonds. The number of hydrogen-bond donors (Lipinski definition) is 0. The van der Waals surface area contributed by atoms with Gasteiger partial charge in [0, 0.05) is 0 Å². The van der Waals surface area contributed by atoms with E-state index >= 15 is 0 Å². The summed E-state index contributed by atoms with van der Waals surface area (Å²) >= 11 is 7.33. The zero-order chi connectivity index (χ0) is 10.7. The van der Waals surface area contributed by atoms with Crippen LogP contribution in [-0.2, 0) is 0 Å². The Balaban J connectivity index is 3.41. The summed E-state index contributed by atoms with van der Waals surface area (Å²) in [6.07, 6.45) is 0. The number of nitrogens with zero attached hydrogens (tertiary/aromatic N) is 1. The summed E-state index contributed by atoms with van der Waals surface area (Å²) in [7, 11) is 1.50. The zero-order valence-corrected chi connectivity index (χ0v) is 10.1. The van der Waals surface area contributed by atoms with Crippen LogP contribution in [0.4, 0.5) is 0 Å². The molecule has 14 heavy (non-hydrogen) atoms. The summed E-state index contributed by atoms with van der Waals surface area (Å²) in [5, 5.41) is 8.12. The van der Waals surface area contributed by atoms with Gasteiger partial charge in [-0.2, -0.15) is 5.26 Å². The lowest BCUT2D eigenvalue weighted by molar-refractivity contribution is 0.108. The van der Waals surface area contributed by atoms with Crippen LogP contribution in [0.25, 0.3) is 0 Å². The number of carbonyl (C=O) groups is 1. The van der Waals surface area contributed by atoms with Crippen molar-refractivity contribution in [2.45, 2.75) is 0 Å². The molecule has 0 aliphatic carbocycles. The van der Waals surface area contributed by atoms with Crippen LogP contribution in [0.3, 0.4) is 0 Å². The molecule has 72 valence electrons. The molecule has 0 aromatic heterocycles. The van der Waals surface area contributed by atoms with Crippen molar-refractivity contribution in [3.8, 4) is 11.8 Å². The number of carbonyl (C=O) groups excluding carboxylic acids is 1. The van der Waals surface area contributed by atoms with Gasteiger partial charge in [-0.25, -0.2) is 0 Å². The van der Waals surface area contributed by atoms with E-state index in [2.05, 4.69) is 0 Å². The summed E-state index contributed by atoms with van der Waals surface area (Å²) in [6.45, 7) is 0. The van der Waals surface area contributed by atoms with E-state index < -0.39 is 5.24 Å². The minimum atomic E-state index is -0.637. The molecule has 3 nitrogen and oxygen atoms in total. The summed E-state index contributed by atoms with van der Waals surface area (Å²) < 4.78 is 5.75. The van der Waals surface area contributed by atoms with Crippen LogP contribution in [0.15, 0.2) is 12.1 Å². The maximum Gasteiger partial charge on any atom is 0.253 e. The van der Waals surface area contributed by atoms with Gasteiger partial charge in [-0.1, -0.05) is 0 Å². The number of halogens is 2. The minimum absolute atomic E-state index is 0.208. The fourth-order valence-electron chi connectivity index (χ4n) is 0.965. The van der Waals surface area contributed by atoms with E-state index in [0.717, 1.165) is 3.57 Å². The van der Waals surface area contributed by atoms with E-state index in [1.165, 1.54) is 19.2 Å². The maximum atomic E-state index is 10.9. The normalized spacial score (nSPS) is 9.29. The number of rotatable bonds is 2. The molecule has 1 aromatic rings. The molecule has 0 atom stereocenters. The highest BCUT2D eigenvalue weighted by molar-refractivity contribution is 14.1. The molecule has 0 aliphatic rings. The molecule has 0 saturated carbocycles. The molecule has 0 unspecified atom stereocenters. The fourth-order valence-corrected chi connectivity index (χ4v) is 1.81. The van der Waals surface area contributed by atoms with Gasteiger partial charge in [0.15, 0.2) is 0 Å². The van der Waals surface area contributed by atoms with Gasteiger partial charge in [0.25, 0.3) is 5.24 Å². The SMILES string of the molecule is COc1cc(C#N)c(C(=O)Cl)cc1I. The first-order valence-corrected chi connectivity index (χ1v) is 5.03. The molecule has 0 N–H and O–H groups in total. The molecular formula is C9H5ClINO2. The summed E-state index contributed by atoms with van der Waals surface area (Å²) in [5.41, 5.74) is 0.432. The van der Waals surface area contributed by atoms with Crippen LogP contribution < -0.4 is 4.74 Å². The van der Waals surface area contributed by atoms with Crippen LogP contribution in [0.1, 0.15) is 15.9 Å². The predicted octanol–water partition coefficient (Wildman–Crippen LogP) is 2.55. The van der Waals surface area contributed by atoms with Crippen LogP contribution in [0, 0.1) is 14.9 Å². The minimum Gasteiger partial charge on any atom is -0.496 e. The second-order valence-corrected chi connectivity index (χ2v) is 3.92. The van der Waals surface area contributed by atoms with Crippen molar-refractivity contribution in [2.75, 3.05) is 7.11 Å². The fraction of sp³-hybridized carbons (Fsp3) is 0.111. The lowest BCUT2D eigenvalue weighted by atomic mass is 10.1. The van der Waals surface area contributed by atoms with Gasteiger partial charge in [0.2, 0.25) is 0 Å². The van der Waals surface area contributed by atoms with E-state index in [9.17, 15) is 4.79 Å². The lowest BCUT2D eigenvalue weighted by Gasteiger charge is -2.05. The van der Waals surface area contributed by atoms with Gasteiger partial charge in [0.05, 0.1) is 21.8 Å². The highest BCUT2D eigenvalue weighted by Gasteiger charge is 2.12. The van der Waals surface area contributed by atoms with E-state index in [0.29, 0.717) is 5.75 Å². The van der Waals surface area contributed by atoms with E-state index in [-0.39, 0.29) is 11.1 Å². The third-order valence-corrected chi connectivity index (χ3v) is 2.67. The molecule has 5 heteroatoms. The molecule has 0 spiro atoms. The quantitative estimate of drug-likeness (QED) is 0.621. The predicted molar refractivity (Wildman–Crippen MR) is 60.6 cm³/mol. The molecule has 0 fully saturated rings. The summed E-state index contributed by atoms with van der Waals surface area (Å²) in [5.74, 6) is 0.559. The largest absolute Gasteiger partial charge is 0.496 e. The van der Waals surface area contributed by atoms with Crippen molar-refractivity contribution in [2.24, 2.45) is 0 Å². The number of nitriles is 1. The molecule has 1 aromatic carbocycles. The summed E-state index contributed by atoms with van der Waals surface area (Å²) in [4.78, 5) is 10.9. The Bertz CT molecular complexity index is 426. The number of ether oxygens (including phenoxy) is 1. The monoisotopic (exact) mass is 321 g/mol. The average molecular weight is 322 g/mol. The highest BCUT2D eigenvalue weighted by Crippen LogP contribution is 2.25. The van der Waals surface area contributed by atoms with Gasteiger partial charge in [-0.15, -0.1) is 0 Å². The Hall–Kier alpha value is -0.800. The third-order valence-electron chi connectivity index (χ3n) is 1.62. The standard InChI is InChI=1S/C9H5ClINO2/c1-14-8-2-5(4-12)6(9(10)13)3-7(8)11/h2-3H,1H3. The molecule has 0 saturated heterocycles. The van der Waals surface area contributed by atoms with Crippen molar-refractivity contribution in [1.82, 2.24) is 0 Å². The molecular weight excluding hydrogens is 316 g/mol. The van der Waals surface area contributed by atoms with E-state index in [4.69, 9.17) is 21.6 Å². The lowest BCUT2D eigenvalue weighted by Crippen LogP contribution is -1.97. The molecule has 1 rings (SSSR count). The smallest absolute Gasteiger partial charge is 0.253 e. The van der Waals surface area contributed by atoms with Crippen molar-refractivity contribution in [3.63, 3.8) is 0 Å². The summed E-state index contributed by atoms with van der Waals surface area (Å²) in [6, 6.07) is 4.92. The van der Waals surface area contributed by atoms with Gasteiger partial charge in [-0.05, 0) is 46.3 Å². The Morgan fingerprint density at radius 3 is 2.71 bits per heavy atom. The number of methoxy groups -OCH3 is 1. The van der Waals surface area contributed by atoms with Gasteiger partial charge >= 0.3 is 0 Å². The topological polar surface area (TPSA) is 50.1 Å². The molecule has 0 radical (unpaired) electrons. The second kappa shape index (κ2) is 4.62. The van der Waals surface area contributed by atoms with Crippen molar-refractivity contribution in [1.29, 1.82) is 5.26 Å². The van der Waals surface area contributed by atoms with Crippen LogP contribution in [0.5, 0.6) is 5.75 Å². The van der Waals surface area contributed by atoms with Gasteiger partial charge < -0.3 is 4.74 Å². The van der Waals surface area contributed by atoms with E-state index in [1.54, 1.807) is 0 Å². The van der Waals surface area contributed by atoms with Gasteiger partial charge in [-0.3, -0.25) is 4.79 Å². The Labute approximate surface area is 99.8 Å². The van der Waals surface area contributed by atoms with Crippen molar-refractivity contribution >= 4 is 39.4 Å². The number of hydrogen-bond acceptors (Lipinski definition) is 3. The van der Waals surface area contributed by atoms with Crippen LogP contribution in [0.2, 0.25) is 0 Å². The first-order valence-electron chi connectivity index (χ1n) is 3.57. The Morgan fingerprint density at radius 2 is 2.29 bits per heavy atom. The van der Waals surface area contributed by atoms with E-state index in [1.807, 2.05) is 28.7 Å². The third kappa shape index (κ3) is 2.16. The average Bonchev–Trinajstić information content (AvgIpc) is 2.17. The maximum absolute atomic E-state index is 10.9. The Kier molecular flexibility index (Phi) is 3.72. The van der Waals surface area contributed by atoms with Gasteiger partial charge in [0.1, 0.15) is 11.8 Å². The van der Waals surface area contributed by atoms with Crippen molar-refractivity contribution in [3.05, 3.63) is 26.8 Å². The second-order valence-electron chi connectivity index (χ2n) is 2.42. The molecule has 0 bridgehead atoms. The van der Waals surface area contributed by atoms with Crippen LogP contribution >= 0.6 is 34.2 Å². The Morgan fingerprint density at radius 1 is 1.64 bits per heavy atom. The highest BCUT2D eigenvalue weighted by atomic mass is 127. The first kappa shape index (κ1) is 11.3. The van der Waals surface area contributed by atoms with Crippen LogP contribution in [-0.4, -0.2) is 12.4 Å². The first-order chi connectivity index (χ1) is 6.60. The molecule has 0 heterocycles. The van der Waals surface area contributed by atoms with Crippen molar-refractivity contribution < 1.29 is 9.53 Å². The number of benzene rings is 1. The zero-order valence-electron chi connectivity index (χ0n) is 7.17.